The molecule has 1 aromatic heterocycles. The molecule has 0 bridgehead atoms. The Balaban J connectivity index is 2.70. The number of hydrogen-bond acceptors (Lipinski definition) is 2. The second-order valence-corrected chi connectivity index (χ2v) is 7.85. The van der Waals surface area contributed by atoms with Crippen molar-refractivity contribution in [1.29, 1.82) is 0 Å². The van der Waals surface area contributed by atoms with E-state index in [1.807, 2.05) is 6.07 Å². The molecular formula is C15H16Br2N2S. The Morgan fingerprint density at radius 3 is 2.40 bits per heavy atom. The number of rotatable bonds is 1. The lowest BCUT2D eigenvalue weighted by atomic mass is 9.92. The van der Waals surface area contributed by atoms with E-state index in [1.165, 1.54) is 5.56 Å². The molecule has 0 saturated heterocycles. The van der Waals surface area contributed by atoms with Crippen LogP contribution in [0.25, 0.3) is 11.4 Å². The number of aromatic nitrogens is 2. The van der Waals surface area contributed by atoms with E-state index in [9.17, 15) is 0 Å². The molecule has 2 nitrogen and oxygen atoms in total. The standard InChI is InChI=1S/C15H16Br2N2S/c1-8-5-6-9(10(16)7-8)13-18-12(15(2,3)4)11(17)14(20)19-13/h5-7H,1-4H3,(H,18,19,20). The Morgan fingerprint density at radius 2 is 1.85 bits per heavy atom. The fourth-order valence-corrected chi connectivity index (χ4v) is 3.57. The van der Waals surface area contributed by atoms with Gasteiger partial charge in [0.1, 0.15) is 10.5 Å². The van der Waals surface area contributed by atoms with E-state index in [0.29, 0.717) is 4.64 Å². The van der Waals surface area contributed by atoms with Gasteiger partial charge in [-0.05, 0) is 40.5 Å². The maximum Gasteiger partial charge on any atom is 0.144 e. The number of nitrogens with zero attached hydrogens (tertiary/aromatic N) is 1. The third-order valence-electron chi connectivity index (χ3n) is 2.99. The molecule has 0 fully saturated rings. The average molecular weight is 416 g/mol. The summed E-state index contributed by atoms with van der Waals surface area (Å²) in [7, 11) is 0. The predicted molar refractivity (Wildman–Crippen MR) is 93.7 cm³/mol. The van der Waals surface area contributed by atoms with Gasteiger partial charge in [-0.1, -0.05) is 55.0 Å². The maximum atomic E-state index is 5.37. The summed E-state index contributed by atoms with van der Waals surface area (Å²) >= 11 is 12.5. The first-order valence-corrected chi connectivity index (χ1v) is 8.26. The van der Waals surface area contributed by atoms with Crippen molar-refractivity contribution in [3.05, 3.63) is 43.0 Å². The third-order valence-corrected chi connectivity index (χ3v) is 4.98. The molecule has 0 aliphatic heterocycles. The van der Waals surface area contributed by atoms with Gasteiger partial charge in [-0.3, -0.25) is 0 Å². The second kappa shape index (κ2) is 5.70. The second-order valence-electron chi connectivity index (χ2n) is 5.81. The zero-order valence-electron chi connectivity index (χ0n) is 11.8. The number of aryl methyl sites for hydroxylation is 1. The highest BCUT2D eigenvalue weighted by Gasteiger charge is 2.21. The zero-order chi connectivity index (χ0) is 15.1. The monoisotopic (exact) mass is 414 g/mol. The third kappa shape index (κ3) is 3.21. The van der Waals surface area contributed by atoms with Crippen LogP contribution in [-0.2, 0) is 5.41 Å². The topological polar surface area (TPSA) is 28.7 Å². The molecule has 0 unspecified atom stereocenters. The van der Waals surface area contributed by atoms with Gasteiger partial charge in [0.05, 0.1) is 4.47 Å². The Labute approximate surface area is 141 Å². The lowest BCUT2D eigenvalue weighted by molar-refractivity contribution is 0.563. The molecule has 20 heavy (non-hydrogen) atoms. The summed E-state index contributed by atoms with van der Waals surface area (Å²) in [6, 6.07) is 6.19. The fourth-order valence-electron chi connectivity index (χ4n) is 1.92. The van der Waals surface area contributed by atoms with E-state index in [2.05, 4.69) is 81.7 Å². The molecular weight excluding hydrogens is 400 g/mol. The van der Waals surface area contributed by atoms with E-state index in [1.54, 1.807) is 0 Å². The molecule has 2 aromatic rings. The van der Waals surface area contributed by atoms with Gasteiger partial charge in [-0.15, -0.1) is 0 Å². The lowest BCUT2D eigenvalue weighted by Gasteiger charge is -2.21. The Bertz CT molecular complexity index is 715. The van der Waals surface area contributed by atoms with Gasteiger partial charge in [0.15, 0.2) is 0 Å². The van der Waals surface area contributed by atoms with Crippen LogP contribution in [0.3, 0.4) is 0 Å². The summed E-state index contributed by atoms with van der Waals surface area (Å²) in [5, 5.41) is 0. The smallest absolute Gasteiger partial charge is 0.144 e. The Hall–Kier alpha value is -0.520. The molecule has 0 aliphatic rings. The van der Waals surface area contributed by atoms with Crippen LogP contribution >= 0.6 is 44.1 Å². The summed E-state index contributed by atoms with van der Waals surface area (Å²) < 4.78 is 2.46. The zero-order valence-corrected chi connectivity index (χ0v) is 15.8. The first-order valence-electron chi connectivity index (χ1n) is 6.27. The SMILES string of the molecule is Cc1ccc(-c2nc(=S)c(Br)c(C(C)(C)C)[nH]2)c(Br)c1. The molecule has 0 radical (unpaired) electrons. The molecule has 1 heterocycles. The van der Waals surface area contributed by atoms with Crippen molar-refractivity contribution in [3.63, 3.8) is 0 Å². The summed E-state index contributed by atoms with van der Waals surface area (Å²) in [5.41, 5.74) is 3.23. The molecule has 0 aliphatic carbocycles. The van der Waals surface area contributed by atoms with Gasteiger partial charge in [-0.25, -0.2) is 4.98 Å². The van der Waals surface area contributed by atoms with Crippen LogP contribution in [-0.4, -0.2) is 9.97 Å². The number of nitrogens with one attached hydrogen (secondary N) is 1. The van der Waals surface area contributed by atoms with Crippen molar-refractivity contribution in [2.24, 2.45) is 0 Å². The minimum absolute atomic E-state index is 0.0404. The van der Waals surface area contributed by atoms with Crippen LogP contribution in [0.1, 0.15) is 32.0 Å². The maximum absolute atomic E-state index is 5.37. The number of halogens is 2. The van der Waals surface area contributed by atoms with Gasteiger partial charge in [0.2, 0.25) is 0 Å². The van der Waals surface area contributed by atoms with Crippen molar-refractivity contribution in [1.82, 2.24) is 9.97 Å². The lowest BCUT2D eigenvalue weighted by Crippen LogP contribution is -2.16. The number of hydrogen-bond donors (Lipinski definition) is 1. The minimum Gasteiger partial charge on any atom is -0.342 e. The summed E-state index contributed by atoms with van der Waals surface area (Å²) in [5.74, 6) is 0.787. The highest BCUT2D eigenvalue weighted by Crippen LogP contribution is 2.32. The van der Waals surface area contributed by atoms with Crippen molar-refractivity contribution >= 4 is 44.1 Å². The molecule has 106 valence electrons. The largest absolute Gasteiger partial charge is 0.342 e. The van der Waals surface area contributed by atoms with Gasteiger partial charge in [-0.2, -0.15) is 0 Å². The van der Waals surface area contributed by atoms with Crippen LogP contribution in [0.5, 0.6) is 0 Å². The number of aromatic amines is 1. The Kier molecular flexibility index (Phi) is 4.52. The fraction of sp³-hybridized carbons (Fsp3) is 0.333. The Morgan fingerprint density at radius 1 is 1.20 bits per heavy atom. The van der Waals surface area contributed by atoms with Crippen LogP contribution in [0.4, 0.5) is 0 Å². The van der Waals surface area contributed by atoms with Gasteiger partial charge >= 0.3 is 0 Å². The normalized spacial score (nSPS) is 11.7. The average Bonchev–Trinajstić information content (AvgIpc) is 2.31. The van der Waals surface area contributed by atoms with Crippen molar-refractivity contribution < 1.29 is 0 Å². The molecule has 1 N–H and O–H groups in total. The highest BCUT2D eigenvalue weighted by atomic mass is 79.9. The molecule has 2 rings (SSSR count). The van der Waals surface area contributed by atoms with Crippen LogP contribution in [0, 0.1) is 11.6 Å². The highest BCUT2D eigenvalue weighted by molar-refractivity contribution is 9.11. The first-order chi connectivity index (χ1) is 9.20. The number of benzene rings is 1. The minimum atomic E-state index is -0.0404. The van der Waals surface area contributed by atoms with Gasteiger partial charge < -0.3 is 4.98 Å². The van der Waals surface area contributed by atoms with Crippen LogP contribution < -0.4 is 0 Å². The van der Waals surface area contributed by atoms with Crippen molar-refractivity contribution in [3.8, 4) is 11.4 Å². The predicted octanol–water partition coefficient (Wildman–Crippen LogP) is 5.94. The molecule has 0 atom stereocenters. The van der Waals surface area contributed by atoms with E-state index in [-0.39, 0.29) is 5.41 Å². The summed E-state index contributed by atoms with van der Waals surface area (Å²) in [6.07, 6.45) is 0. The molecule has 0 saturated carbocycles. The van der Waals surface area contributed by atoms with E-state index >= 15 is 0 Å². The molecule has 0 spiro atoms. The van der Waals surface area contributed by atoms with Crippen LogP contribution in [0.2, 0.25) is 0 Å². The van der Waals surface area contributed by atoms with E-state index in [4.69, 9.17) is 12.2 Å². The summed E-state index contributed by atoms with van der Waals surface area (Å²) in [4.78, 5) is 7.91. The summed E-state index contributed by atoms with van der Waals surface area (Å²) in [6.45, 7) is 8.50. The van der Waals surface area contributed by atoms with Crippen molar-refractivity contribution in [2.75, 3.05) is 0 Å². The number of H-pyrrole nitrogens is 1. The molecule has 5 heteroatoms. The van der Waals surface area contributed by atoms with E-state index < -0.39 is 0 Å². The van der Waals surface area contributed by atoms with E-state index in [0.717, 1.165) is 26.0 Å². The molecule has 1 aromatic carbocycles. The quantitative estimate of drug-likeness (QED) is 0.584. The van der Waals surface area contributed by atoms with Gasteiger partial charge in [0, 0.05) is 21.1 Å². The first kappa shape index (κ1) is 15.9. The van der Waals surface area contributed by atoms with Gasteiger partial charge in [0.25, 0.3) is 0 Å². The van der Waals surface area contributed by atoms with Crippen molar-refractivity contribution in [2.45, 2.75) is 33.1 Å². The van der Waals surface area contributed by atoms with Crippen LogP contribution in [0.15, 0.2) is 27.1 Å². The molecule has 0 amide bonds.